The molecule has 0 bridgehead atoms. The molecule has 1 aliphatic heterocycles. The monoisotopic (exact) mass is 365 g/mol. The SMILES string of the molecule is CNC(=O)c1ccc(NC(=O)[C@H]2CC(=O)N(Cc3ccc(C)cc3)C2)cc1. The summed E-state index contributed by atoms with van der Waals surface area (Å²) in [6.07, 6.45) is 0.216. The summed E-state index contributed by atoms with van der Waals surface area (Å²) in [5, 5.41) is 5.38. The van der Waals surface area contributed by atoms with E-state index in [1.807, 2.05) is 31.2 Å². The van der Waals surface area contributed by atoms with Gasteiger partial charge in [0.05, 0.1) is 5.92 Å². The van der Waals surface area contributed by atoms with E-state index in [1.165, 1.54) is 5.56 Å². The summed E-state index contributed by atoms with van der Waals surface area (Å²) in [6.45, 7) is 2.95. The van der Waals surface area contributed by atoms with Gasteiger partial charge in [-0.15, -0.1) is 0 Å². The van der Waals surface area contributed by atoms with Crippen molar-refractivity contribution in [3.05, 3.63) is 65.2 Å². The molecule has 140 valence electrons. The Morgan fingerprint density at radius 1 is 1.07 bits per heavy atom. The van der Waals surface area contributed by atoms with Crippen molar-refractivity contribution < 1.29 is 14.4 Å². The van der Waals surface area contributed by atoms with Crippen molar-refractivity contribution in [3.63, 3.8) is 0 Å². The smallest absolute Gasteiger partial charge is 0.251 e. The van der Waals surface area contributed by atoms with Crippen LogP contribution in [0.3, 0.4) is 0 Å². The standard InChI is InChI=1S/C21H23N3O3/c1-14-3-5-15(6-4-14)12-24-13-17(11-19(24)25)21(27)23-18-9-7-16(8-10-18)20(26)22-2/h3-10,17H,11-13H2,1-2H3,(H,22,26)(H,23,27)/t17-/m0/s1. The normalized spacial score (nSPS) is 16.3. The van der Waals surface area contributed by atoms with Gasteiger partial charge in [-0.1, -0.05) is 29.8 Å². The first-order valence-corrected chi connectivity index (χ1v) is 8.92. The maximum Gasteiger partial charge on any atom is 0.251 e. The number of rotatable bonds is 5. The lowest BCUT2D eigenvalue weighted by atomic mass is 10.1. The van der Waals surface area contributed by atoms with Crippen molar-refractivity contribution in [2.45, 2.75) is 19.9 Å². The molecule has 2 N–H and O–H groups in total. The first-order valence-electron chi connectivity index (χ1n) is 8.92. The van der Waals surface area contributed by atoms with Gasteiger partial charge in [0.1, 0.15) is 0 Å². The van der Waals surface area contributed by atoms with Gasteiger partial charge in [0.2, 0.25) is 11.8 Å². The van der Waals surface area contributed by atoms with E-state index in [1.54, 1.807) is 36.2 Å². The van der Waals surface area contributed by atoms with Crippen molar-refractivity contribution >= 4 is 23.4 Å². The summed E-state index contributed by atoms with van der Waals surface area (Å²) in [5.41, 5.74) is 3.36. The van der Waals surface area contributed by atoms with Crippen LogP contribution in [0.25, 0.3) is 0 Å². The highest BCUT2D eigenvalue weighted by Crippen LogP contribution is 2.22. The Hall–Kier alpha value is -3.15. The largest absolute Gasteiger partial charge is 0.355 e. The van der Waals surface area contributed by atoms with E-state index < -0.39 is 0 Å². The Morgan fingerprint density at radius 2 is 1.74 bits per heavy atom. The molecule has 0 saturated carbocycles. The fraction of sp³-hybridized carbons (Fsp3) is 0.286. The van der Waals surface area contributed by atoms with E-state index in [0.29, 0.717) is 24.3 Å². The number of nitrogens with zero attached hydrogens (tertiary/aromatic N) is 1. The summed E-state index contributed by atoms with van der Waals surface area (Å²) in [5.74, 6) is -0.740. The molecular weight excluding hydrogens is 342 g/mol. The van der Waals surface area contributed by atoms with Gasteiger partial charge in [-0.2, -0.15) is 0 Å². The quantitative estimate of drug-likeness (QED) is 0.854. The van der Waals surface area contributed by atoms with Crippen LogP contribution in [0.2, 0.25) is 0 Å². The van der Waals surface area contributed by atoms with Crippen molar-refractivity contribution in [2.75, 3.05) is 18.9 Å². The number of aryl methyl sites for hydroxylation is 1. The molecule has 1 atom stereocenters. The number of amides is 3. The first-order chi connectivity index (χ1) is 13.0. The number of likely N-dealkylation sites (tertiary alicyclic amines) is 1. The van der Waals surface area contributed by atoms with Gasteiger partial charge in [-0.25, -0.2) is 0 Å². The molecular formula is C21H23N3O3. The van der Waals surface area contributed by atoms with Crippen LogP contribution in [-0.4, -0.2) is 36.2 Å². The van der Waals surface area contributed by atoms with Gasteiger partial charge in [0, 0.05) is 37.8 Å². The lowest BCUT2D eigenvalue weighted by molar-refractivity contribution is -0.128. The molecule has 27 heavy (non-hydrogen) atoms. The van der Waals surface area contributed by atoms with E-state index in [9.17, 15) is 14.4 Å². The molecule has 0 aliphatic carbocycles. The molecule has 6 heteroatoms. The second kappa shape index (κ2) is 8.03. The summed E-state index contributed by atoms with van der Waals surface area (Å²) in [4.78, 5) is 38.1. The maximum absolute atomic E-state index is 12.5. The molecule has 0 unspecified atom stereocenters. The van der Waals surface area contributed by atoms with E-state index >= 15 is 0 Å². The zero-order valence-corrected chi connectivity index (χ0v) is 15.5. The maximum atomic E-state index is 12.5. The molecule has 3 amide bonds. The Bertz CT molecular complexity index is 844. The number of carbonyl (C=O) groups excluding carboxylic acids is 3. The molecule has 1 aliphatic rings. The Kier molecular flexibility index (Phi) is 5.54. The molecule has 1 fully saturated rings. The Morgan fingerprint density at radius 3 is 2.37 bits per heavy atom. The van der Waals surface area contributed by atoms with Crippen LogP contribution in [0.5, 0.6) is 0 Å². The second-order valence-corrected chi connectivity index (χ2v) is 6.81. The van der Waals surface area contributed by atoms with Crippen molar-refractivity contribution in [1.29, 1.82) is 0 Å². The lowest BCUT2D eigenvalue weighted by Gasteiger charge is -2.17. The van der Waals surface area contributed by atoms with Crippen LogP contribution in [0.1, 0.15) is 27.9 Å². The summed E-state index contributed by atoms with van der Waals surface area (Å²) in [7, 11) is 1.57. The zero-order chi connectivity index (χ0) is 19.4. The number of benzene rings is 2. The summed E-state index contributed by atoms with van der Waals surface area (Å²) in [6, 6.07) is 14.7. The third kappa shape index (κ3) is 4.53. The highest BCUT2D eigenvalue weighted by atomic mass is 16.2. The summed E-state index contributed by atoms with van der Waals surface area (Å²) >= 11 is 0. The van der Waals surface area contributed by atoms with Crippen LogP contribution in [0.4, 0.5) is 5.69 Å². The third-order valence-electron chi connectivity index (χ3n) is 4.72. The summed E-state index contributed by atoms with van der Waals surface area (Å²) < 4.78 is 0. The molecule has 6 nitrogen and oxygen atoms in total. The fourth-order valence-electron chi connectivity index (χ4n) is 3.11. The molecule has 3 rings (SSSR count). The molecule has 1 heterocycles. The van der Waals surface area contributed by atoms with Gasteiger partial charge >= 0.3 is 0 Å². The molecule has 2 aromatic rings. The van der Waals surface area contributed by atoms with E-state index in [0.717, 1.165) is 5.56 Å². The van der Waals surface area contributed by atoms with Crippen LogP contribution in [-0.2, 0) is 16.1 Å². The number of carbonyl (C=O) groups is 3. The topological polar surface area (TPSA) is 78.5 Å². The predicted molar refractivity (Wildman–Crippen MR) is 103 cm³/mol. The van der Waals surface area contributed by atoms with Crippen molar-refractivity contribution in [1.82, 2.24) is 10.2 Å². The minimum atomic E-state index is -0.374. The first kappa shape index (κ1) is 18.6. The molecule has 1 saturated heterocycles. The molecule has 2 aromatic carbocycles. The van der Waals surface area contributed by atoms with Crippen molar-refractivity contribution in [2.24, 2.45) is 5.92 Å². The zero-order valence-electron chi connectivity index (χ0n) is 15.5. The van der Waals surface area contributed by atoms with Gasteiger partial charge in [0.25, 0.3) is 5.91 Å². The highest BCUT2D eigenvalue weighted by molar-refractivity contribution is 5.98. The van der Waals surface area contributed by atoms with Crippen LogP contribution >= 0.6 is 0 Å². The molecule has 0 spiro atoms. The fourth-order valence-corrected chi connectivity index (χ4v) is 3.11. The minimum absolute atomic E-state index is 0.00862. The van der Waals surface area contributed by atoms with E-state index in [2.05, 4.69) is 10.6 Å². The lowest BCUT2D eigenvalue weighted by Crippen LogP contribution is -2.28. The number of hydrogen-bond acceptors (Lipinski definition) is 3. The average Bonchev–Trinajstić information content (AvgIpc) is 3.04. The Balaban J connectivity index is 1.58. The number of nitrogens with one attached hydrogen (secondary N) is 2. The van der Waals surface area contributed by atoms with Crippen molar-refractivity contribution in [3.8, 4) is 0 Å². The second-order valence-electron chi connectivity index (χ2n) is 6.81. The van der Waals surface area contributed by atoms with Gasteiger partial charge in [-0.05, 0) is 36.8 Å². The van der Waals surface area contributed by atoms with E-state index in [-0.39, 0.29) is 30.1 Å². The number of anilines is 1. The molecule has 0 radical (unpaired) electrons. The van der Waals surface area contributed by atoms with Gasteiger partial charge in [0.15, 0.2) is 0 Å². The third-order valence-corrected chi connectivity index (χ3v) is 4.72. The molecule has 0 aromatic heterocycles. The Labute approximate surface area is 158 Å². The van der Waals surface area contributed by atoms with E-state index in [4.69, 9.17) is 0 Å². The predicted octanol–water partition coefficient (Wildman–Crippen LogP) is 2.34. The van der Waals surface area contributed by atoms with Crippen LogP contribution < -0.4 is 10.6 Å². The highest BCUT2D eigenvalue weighted by Gasteiger charge is 2.34. The van der Waals surface area contributed by atoms with Gasteiger partial charge in [-0.3, -0.25) is 14.4 Å². The van der Waals surface area contributed by atoms with Crippen LogP contribution in [0.15, 0.2) is 48.5 Å². The number of hydrogen-bond donors (Lipinski definition) is 2. The minimum Gasteiger partial charge on any atom is -0.355 e. The average molecular weight is 365 g/mol. The van der Waals surface area contributed by atoms with Gasteiger partial charge < -0.3 is 15.5 Å². The van der Waals surface area contributed by atoms with Crippen LogP contribution in [0, 0.1) is 12.8 Å².